The van der Waals surface area contributed by atoms with Crippen LogP contribution in [0.3, 0.4) is 0 Å². The third-order valence-electron chi connectivity index (χ3n) is 3.01. The molecule has 0 amide bonds. The average molecular weight is 221 g/mol. The van der Waals surface area contributed by atoms with Gasteiger partial charge in [0.2, 0.25) is 0 Å². The molecule has 2 aliphatic rings. The van der Waals surface area contributed by atoms with Gasteiger partial charge in [-0.25, -0.2) is 9.78 Å². The molecular formula is C11H11NO4. The molecule has 1 aromatic rings. The van der Waals surface area contributed by atoms with E-state index in [1.165, 1.54) is 12.3 Å². The van der Waals surface area contributed by atoms with Crippen molar-refractivity contribution in [3.05, 3.63) is 18.0 Å². The number of carboxylic acid groups (broad SMARTS) is 1. The van der Waals surface area contributed by atoms with Crippen molar-refractivity contribution in [2.45, 2.75) is 31.5 Å². The average Bonchev–Trinajstić information content (AvgIpc) is 2.84. The molecule has 1 aromatic heterocycles. The Morgan fingerprint density at radius 3 is 2.69 bits per heavy atom. The minimum absolute atomic E-state index is 0.0163. The Hall–Kier alpha value is -1.78. The predicted octanol–water partition coefficient (Wildman–Crippen LogP) is 1.82. The number of pyridine rings is 1. The summed E-state index contributed by atoms with van der Waals surface area (Å²) < 4.78 is 11.4. The van der Waals surface area contributed by atoms with Gasteiger partial charge in [-0.3, -0.25) is 0 Å². The Kier molecular flexibility index (Phi) is 1.83. The van der Waals surface area contributed by atoms with Gasteiger partial charge in [0.05, 0.1) is 6.20 Å². The van der Waals surface area contributed by atoms with Crippen LogP contribution in [0.4, 0.5) is 0 Å². The number of hydrogen-bond acceptors (Lipinski definition) is 4. The maximum Gasteiger partial charge on any atom is 0.354 e. The fourth-order valence-corrected chi connectivity index (χ4v) is 2.24. The van der Waals surface area contributed by atoms with Gasteiger partial charge in [0, 0.05) is 18.9 Å². The van der Waals surface area contributed by atoms with Crippen molar-refractivity contribution in [3.8, 4) is 11.5 Å². The van der Waals surface area contributed by atoms with E-state index in [9.17, 15) is 4.79 Å². The number of rotatable bonds is 1. The molecular weight excluding hydrogens is 210 g/mol. The summed E-state index contributed by atoms with van der Waals surface area (Å²) in [6.45, 7) is 0. The van der Waals surface area contributed by atoms with Gasteiger partial charge in [-0.15, -0.1) is 0 Å². The van der Waals surface area contributed by atoms with Crippen LogP contribution in [0.15, 0.2) is 12.3 Å². The number of aromatic nitrogens is 1. The summed E-state index contributed by atoms with van der Waals surface area (Å²) in [6, 6.07) is 1.42. The topological polar surface area (TPSA) is 68.7 Å². The van der Waals surface area contributed by atoms with E-state index in [0.29, 0.717) is 11.5 Å². The monoisotopic (exact) mass is 221 g/mol. The van der Waals surface area contributed by atoms with E-state index in [-0.39, 0.29) is 5.69 Å². The fourth-order valence-electron chi connectivity index (χ4n) is 2.24. The summed E-state index contributed by atoms with van der Waals surface area (Å²) in [4.78, 5) is 14.6. The second-order valence-corrected chi connectivity index (χ2v) is 4.14. The van der Waals surface area contributed by atoms with Crippen LogP contribution in [0.25, 0.3) is 0 Å². The van der Waals surface area contributed by atoms with E-state index < -0.39 is 11.8 Å². The van der Waals surface area contributed by atoms with Gasteiger partial charge in [0.1, 0.15) is 0 Å². The molecule has 3 rings (SSSR count). The van der Waals surface area contributed by atoms with E-state index in [2.05, 4.69) is 4.98 Å². The van der Waals surface area contributed by atoms with E-state index in [4.69, 9.17) is 14.6 Å². The molecule has 1 spiro atoms. The van der Waals surface area contributed by atoms with Crippen molar-refractivity contribution in [1.82, 2.24) is 4.98 Å². The van der Waals surface area contributed by atoms with Gasteiger partial charge < -0.3 is 14.6 Å². The number of fused-ring (bicyclic) bond motifs is 1. The van der Waals surface area contributed by atoms with Crippen molar-refractivity contribution in [3.63, 3.8) is 0 Å². The van der Waals surface area contributed by atoms with Crippen molar-refractivity contribution < 1.29 is 19.4 Å². The van der Waals surface area contributed by atoms with Crippen LogP contribution in [0.5, 0.6) is 11.5 Å². The number of nitrogens with zero attached hydrogens (tertiary/aromatic N) is 1. The zero-order valence-corrected chi connectivity index (χ0v) is 8.60. The number of carboxylic acids is 1. The first kappa shape index (κ1) is 9.45. The number of hydrogen-bond donors (Lipinski definition) is 1. The van der Waals surface area contributed by atoms with Crippen LogP contribution >= 0.6 is 0 Å². The van der Waals surface area contributed by atoms with Gasteiger partial charge in [-0.1, -0.05) is 0 Å². The Bertz CT molecular complexity index is 451. The smallest absolute Gasteiger partial charge is 0.354 e. The van der Waals surface area contributed by atoms with E-state index in [0.717, 1.165) is 25.7 Å². The number of aromatic carboxylic acids is 1. The minimum atomic E-state index is -1.06. The lowest BCUT2D eigenvalue weighted by molar-refractivity contribution is -0.0717. The molecule has 1 aliphatic carbocycles. The van der Waals surface area contributed by atoms with Gasteiger partial charge in [-0.2, -0.15) is 0 Å². The lowest BCUT2D eigenvalue weighted by atomic mass is 10.2. The van der Waals surface area contributed by atoms with Gasteiger partial charge in [0.25, 0.3) is 5.79 Å². The van der Waals surface area contributed by atoms with Crippen LogP contribution in [-0.2, 0) is 0 Å². The molecule has 84 valence electrons. The molecule has 0 atom stereocenters. The molecule has 2 heterocycles. The van der Waals surface area contributed by atoms with E-state index in [1.54, 1.807) is 0 Å². The fraction of sp³-hybridized carbons (Fsp3) is 0.455. The lowest BCUT2D eigenvalue weighted by Crippen LogP contribution is -2.34. The number of ether oxygens (including phenoxy) is 2. The van der Waals surface area contributed by atoms with Crippen LogP contribution in [0.1, 0.15) is 36.2 Å². The highest BCUT2D eigenvalue weighted by Gasteiger charge is 2.44. The summed E-state index contributed by atoms with van der Waals surface area (Å²) >= 11 is 0. The maximum absolute atomic E-state index is 10.8. The first-order valence-electron chi connectivity index (χ1n) is 5.30. The molecule has 0 unspecified atom stereocenters. The number of carbonyl (C=O) groups is 1. The Balaban J connectivity index is 1.94. The standard InChI is InChI=1S/C11H11NO4/c13-10(14)7-5-8-9(6-12-7)16-11(15-8)3-1-2-4-11/h5-6H,1-4H2,(H,13,14). The Labute approximate surface area is 92.0 Å². The van der Waals surface area contributed by atoms with Gasteiger partial charge in [0.15, 0.2) is 17.2 Å². The van der Waals surface area contributed by atoms with E-state index >= 15 is 0 Å². The summed E-state index contributed by atoms with van der Waals surface area (Å²) in [6.07, 6.45) is 5.28. The quantitative estimate of drug-likeness (QED) is 0.783. The van der Waals surface area contributed by atoms with Crippen molar-refractivity contribution in [2.24, 2.45) is 0 Å². The van der Waals surface area contributed by atoms with Crippen molar-refractivity contribution in [1.29, 1.82) is 0 Å². The summed E-state index contributed by atoms with van der Waals surface area (Å²) in [7, 11) is 0. The highest BCUT2D eigenvalue weighted by molar-refractivity contribution is 5.86. The van der Waals surface area contributed by atoms with Crippen molar-refractivity contribution in [2.75, 3.05) is 0 Å². The SMILES string of the molecule is O=C(O)c1cc2c(cn1)OC1(CCCC1)O2. The predicted molar refractivity (Wildman–Crippen MR) is 53.7 cm³/mol. The second-order valence-electron chi connectivity index (χ2n) is 4.14. The maximum atomic E-state index is 10.8. The minimum Gasteiger partial charge on any atom is -0.477 e. The first-order valence-corrected chi connectivity index (χ1v) is 5.30. The normalized spacial score (nSPS) is 20.2. The van der Waals surface area contributed by atoms with Crippen LogP contribution < -0.4 is 9.47 Å². The Morgan fingerprint density at radius 1 is 1.31 bits per heavy atom. The molecule has 0 saturated heterocycles. The molecule has 5 heteroatoms. The van der Waals surface area contributed by atoms with Gasteiger partial charge in [-0.05, 0) is 12.8 Å². The van der Waals surface area contributed by atoms with Crippen LogP contribution in [0.2, 0.25) is 0 Å². The molecule has 1 saturated carbocycles. The molecule has 1 fully saturated rings. The molecule has 0 bridgehead atoms. The lowest BCUT2D eigenvalue weighted by Gasteiger charge is -2.21. The summed E-state index contributed by atoms with van der Waals surface area (Å²) in [5.74, 6) is -0.568. The second kappa shape index (κ2) is 3.10. The summed E-state index contributed by atoms with van der Waals surface area (Å²) in [5.41, 5.74) is -0.0163. The first-order chi connectivity index (χ1) is 7.69. The molecule has 1 aliphatic heterocycles. The van der Waals surface area contributed by atoms with Crippen LogP contribution in [-0.4, -0.2) is 21.8 Å². The molecule has 0 aromatic carbocycles. The highest BCUT2D eigenvalue weighted by atomic mass is 16.7. The molecule has 1 N–H and O–H groups in total. The van der Waals surface area contributed by atoms with Crippen molar-refractivity contribution >= 4 is 5.97 Å². The zero-order valence-electron chi connectivity index (χ0n) is 8.60. The zero-order chi connectivity index (χ0) is 11.2. The molecule has 5 nitrogen and oxygen atoms in total. The third kappa shape index (κ3) is 1.31. The highest BCUT2D eigenvalue weighted by Crippen LogP contribution is 2.46. The van der Waals surface area contributed by atoms with Gasteiger partial charge >= 0.3 is 5.97 Å². The van der Waals surface area contributed by atoms with E-state index in [1.807, 2.05) is 0 Å². The van der Waals surface area contributed by atoms with Crippen LogP contribution in [0, 0.1) is 0 Å². The summed E-state index contributed by atoms with van der Waals surface area (Å²) in [5, 5.41) is 8.81. The molecule has 16 heavy (non-hydrogen) atoms. The Morgan fingerprint density at radius 2 is 2.00 bits per heavy atom. The largest absolute Gasteiger partial charge is 0.477 e. The molecule has 0 radical (unpaired) electrons. The third-order valence-corrected chi connectivity index (χ3v) is 3.01.